The van der Waals surface area contributed by atoms with E-state index < -0.39 is 23.7 Å². The van der Waals surface area contributed by atoms with Crippen LogP contribution in [0.3, 0.4) is 0 Å². The molecule has 2 aromatic rings. The van der Waals surface area contributed by atoms with Gasteiger partial charge in [0.05, 0.1) is 6.54 Å². The van der Waals surface area contributed by atoms with Gasteiger partial charge < -0.3 is 15.7 Å². The normalized spacial score (nSPS) is 11.5. The van der Waals surface area contributed by atoms with E-state index in [1.165, 1.54) is 24.3 Å². The number of aliphatic hydroxyl groups excluding tert-OH is 1. The quantitative estimate of drug-likeness (QED) is 0.785. The van der Waals surface area contributed by atoms with Gasteiger partial charge in [-0.3, -0.25) is 9.59 Å². The van der Waals surface area contributed by atoms with Gasteiger partial charge in [0.15, 0.2) is 6.10 Å². The molecule has 22 heavy (non-hydrogen) atoms. The third kappa shape index (κ3) is 4.39. The molecular formula is C16H15FN2O3. The molecule has 0 heterocycles. The Morgan fingerprint density at radius 2 is 1.82 bits per heavy atom. The van der Waals surface area contributed by atoms with Gasteiger partial charge >= 0.3 is 0 Å². The molecule has 0 radical (unpaired) electrons. The zero-order chi connectivity index (χ0) is 15.9. The Kier molecular flexibility index (Phi) is 5.21. The van der Waals surface area contributed by atoms with Crippen molar-refractivity contribution in [1.82, 2.24) is 5.32 Å². The number of nitrogens with one attached hydrogen (secondary N) is 2. The summed E-state index contributed by atoms with van der Waals surface area (Å²) in [5.74, 6) is -1.67. The molecule has 2 amide bonds. The van der Waals surface area contributed by atoms with Gasteiger partial charge in [-0.2, -0.15) is 0 Å². The van der Waals surface area contributed by atoms with E-state index in [2.05, 4.69) is 10.6 Å². The second-order valence-electron chi connectivity index (χ2n) is 4.59. The van der Waals surface area contributed by atoms with E-state index in [4.69, 9.17) is 0 Å². The lowest BCUT2D eigenvalue weighted by Gasteiger charge is -2.11. The highest BCUT2D eigenvalue weighted by Gasteiger charge is 2.17. The lowest BCUT2D eigenvalue weighted by molar-refractivity contribution is -0.131. The van der Waals surface area contributed by atoms with E-state index in [0.29, 0.717) is 11.3 Å². The van der Waals surface area contributed by atoms with E-state index in [1.54, 1.807) is 30.3 Å². The number of carbonyl (C=O) groups excluding carboxylic acids is 2. The monoisotopic (exact) mass is 302 g/mol. The molecule has 3 N–H and O–H groups in total. The third-order valence-corrected chi connectivity index (χ3v) is 2.90. The second kappa shape index (κ2) is 7.33. The van der Waals surface area contributed by atoms with E-state index in [1.807, 2.05) is 0 Å². The summed E-state index contributed by atoms with van der Waals surface area (Å²) >= 11 is 0. The van der Waals surface area contributed by atoms with Crippen LogP contribution in [-0.4, -0.2) is 23.5 Å². The molecular weight excluding hydrogens is 287 g/mol. The number of hydrogen-bond donors (Lipinski definition) is 3. The molecule has 5 nitrogen and oxygen atoms in total. The minimum Gasteiger partial charge on any atom is -0.378 e. The van der Waals surface area contributed by atoms with Crippen LogP contribution in [0, 0.1) is 5.82 Å². The number of carbonyl (C=O) groups is 2. The highest BCUT2D eigenvalue weighted by atomic mass is 19.1. The predicted molar refractivity (Wildman–Crippen MR) is 79.4 cm³/mol. The number of rotatable bonds is 5. The number of hydrogen-bond acceptors (Lipinski definition) is 3. The molecule has 1 unspecified atom stereocenters. The molecule has 0 aromatic heterocycles. The molecule has 0 aliphatic rings. The van der Waals surface area contributed by atoms with E-state index >= 15 is 0 Å². The topological polar surface area (TPSA) is 78.4 Å². The average molecular weight is 302 g/mol. The number of aliphatic hydroxyl groups is 1. The Morgan fingerprint density at radius 1 is 1.09 bits per heavy atom. The molecule has 0 fully saturated rings. The van der Waals surface area contributed by atoms with Crippen LogP contribution in [0.15, 0.2) is 54.6 Å². The predicted octanol–water partition coefficient (Wildman–Crippen LogP) is 1.61. The minimum atomic E-state index is -1.34. The summed E-state index contributed by atoms with van der Waals surface area (Å²) in [6, 6.07) is 13.8. The summed E-state index contributed by atoms with van der Waals surface area (Å²) in [5, 5.41) is 14.6. The first kappa shape index (κ1) is 15.7. The highest BCUT2D eigenvalue weighted by molar-refractivity contribution is 5.95. The van der Waals surface area contributed by atoms with E-state index in [9.17, 15) is 19.1 Å². The van der Waals surface area contributed by atoms with E-state index in [0.717, 1.165) is 0 Å². The van der Waals surface area contributed by atoms with Gasteiger partial charge in [-0.05, 0) is 23.8 Å². The van der Waals surface area contributed by atoms with Gasteiger partial charge in [0, 0.05) is 5.69 Å². The Bertz CT molecular complexity index is 661. The molecule has 0 bridgehead atoms. The largest absolute Gasteiger partial charge is 0.378 e. The lowest BCUT2D eigenvalue weighted by atomic mass is 10.1. The lowest BCUT2D eigenvalue weighted by Crippen LogP contribution is -2.36. The van der Waals surface area contributed by atoms with E-state index in [-0.39, 0.29) is 6.54 Å². The Labute approximate surface area is 126 Å². The fourth-order valence-corrected chi connectivity index (χ4v) is 1.82. The molecule has 114 valence electrons. The standard InChI is InChI=1S/C16H15FN2O3/c17-12-7-4-8-13(9-12)19-14(20)10-18-16(22)15(21)11-5-2-1-3-6-11/h1-9,15,21H,10H2,(H,18,22)(H,19,20). The second-order valence-corrected chi connectivity index (χ2v) is 4.59. The fourth-order valence-electron chi connectivity index (χ4n) is 1.82. The van der Waals surface area contributed by atoms with Crippen LogP contribution in [0.1, 0.15) is 11.7 Å². The molecule has 0 aliphatic carbocycles. The van der Waals surface area contributed by atoms with Gasteiger partial charge in [0.25, 0.3) is 5.91 Å². The van der Waals surface area contributed by atoms with Crippen LogP contribution < -0.4 is 10.6 Å². The summed E-state index contributed by atoms with van der Waals surface area (Å²) in [4.78, 5) is 23.4. The van der Waals surface area contributed by atoms with Gasteiger partial charge in [-0.15, -0.1) is 0 Å². The van der Waals surface area contributed by atoms with Gasteiger partial charge in [0.2, 0.25) is 5.91 Å². The summed E-state index contributed by atoms with van der Waals surface area (Å²) in [6.07, 6.45) is -1.34. The van der Waals surface area contributed by atoms with Crippen LogP contribution in [0.2, 0.25) is 0 Å². The summed E-state index contributed by atoms with van der Waals surface area (Å²) in [6.45, 7) is -0.320. The van der Waals surface area contributed by atoms with Crippen LogP contribution in [0.25, 0.3) is 0 Å². The SMILES string of the molecule is O=C(CNC(=O)C(O)c1ccccc1)Nc1cccc(F)c1. The third-order valence-electron chi connectivity index (χ3n) is 2.90. The maximum absolute atomic E-state index is 13.0. The van der Waals surface area contributed by atoms with Crippen molar-refractivity contribution in [2.45, 2.75) is 6.10 Å². The zero-order valence-electron chi connectivity index (χ0n) is 11.6. The number of benzene rings is 2. The van der Waals surface area contributed by atoms with Crippen LogP contribution >= 0.6 is 0 Å². The summed E-state index contributed by atoms with van der Waals surface area (Å²) < 4.78 is 13.0. The van der Waals surface area contributed by atoms with Crippen molar-refractivity contribution in [3.63, 3.8) is 0 Å². The number of amides is 2. The first-order valence-corrected chi connectivity index (χ1v) is 6.62. The maximum Gasteiger partial charge on any atom is 0.253 e. The Balaban J connectivity index is 1.84. The molecule has 6 heteroatoms. The number of anilines is 1. The molecule has 2 aromatic carbocycles. The Morgan fingerprint density at radius 3 is 2.50 bits per heavy atom. The van der Waals surface area contributed by atoms with Crippen LogP contribution in [0.4, 0.5) is 10.1 Å². The smallest absolute Gasteiger partial charge is 0.253 e. The first-order chi connectivity index (χ1) is 10.6. The minimum absolute atomic E-state index is 0.294. The zero-order valence-corrected chi connectivity index (χ0v) is 11.6. The van der Waals surface area contributed by atoms with Crippen molar-refractivity contribution in [2.24, 2.45) is 0 Å². The molecule has 0 aliphatic heterocycles. The molecule has 2 rings (SSSR count). The van der Waals surface area contributed by atoms with Crippen molar-refractivity contribution in [3.05, 3.63) is 66.0 Å². The van der Waals surface area contributed by atoms with Crippen molar-refractivity contribution < 1.29 is 19.1 Å². The molecule has 0 spiro atoms. The summed E-state index contributed by atoms with van der Waals surface area (Å²) in [5.41, 5.74) is 0.730. The van der Waals surface area contributed by atoms with Crippen molar-refractivity contribution in [3.8, 4) is 0 Å². The van der Waals surface area contributed by atoms with Crippen LogP contribution in [0.5, 0.6) is 0 Å². The molecule has 1 atom stereocenters. The highest BCUT2D eigenvalue weighted by Crippen LogP contribution is 2.12. The Hall–Kier alpha value is -2.73. The van der Waals surface area contributed by atoms with Crippen molar-refractivity contribution in [2.75, 3.05) is 11.9 Å². The van der Waals surface area contributed by atoms with Gasteiger partial charge in [-0.25, -0.2) is 4.39 Å². The van der Waals surface area contributed by atoms with Crippen molar-refractivity contribution >= 4 is 17.5 Å². The molecule has 0 saturated carbocycles. The summed E-state index contributed by atoms with van der Waals surface area (Å²) in [7, 11) is 0. The average Bonchev–Trinajstić information content (AvgIpc) is 2.52. The maximum atomic E-state index is 13.0. The number of halogens is 1. The van der Waals surface area contributed by atoms with Gasteiger partial charge in [0.1, 0.15) is 5.82 Å². The van der Waals surface area contributed by atoms with Gasteiger partial charge in [-0.1, -0.05) is 36.4 Å². The van der Waals surface area contributed by atoms with Crippen molar-refractivity contribution in [1.29, 1.82) is 0 Å². The van der Waals surface area contributed by atoms with Crippen LogP contribution in [-0.2, 0) is 9.59 Å². The molecule has 0 saturated heterocycles. The fraction of sp³-hybridized carbons (Fsp3) is 0.125. The first-order valence-electron chi connectivity index (χ1n) is 6.62.